The van der Waals surface area contributed by atoms with Gasteiger partial charge in [-0.05, 0) is 31.0 Å². The van der Waals surface area contributed by atoms with Crippen molar-refractivity contribution in [1.29, 1.82) is 0 Å². The van der Waals surface area contributed by atoms with Crippen LogP contribution in [0.15, 0.2) is 53.0 Å². The van der Waals surface area contributed by atoms with Gasteiger partial charge in [0.25, 0.3) is 0 Å². The van der Waals surface area contributed by atoms with Gasteiger partial charge in [-0.15, -0.1) is 0 Å². The molecular formula is C22H29FN4O3. The Balaban J connectivity index is 2.36. The van der Waals surface area contributed by atoms with E-state index in [0.29, 0.717) is 38.2 Å². The van der Waals surface area contributed by atoms with Gasteiger partial charge >= 0.3 is 0 Å². The summed E-state index contributed by atoms with van der Waals surface area (Å²) in [5, 5.41) is 13.2. The third kappa shape index (κ3) is 5.13. The monoisotopic (exact) mass is 416 g/mol. The van der Waals surface area contributed by atoms with Crippen LogP contribution in [-0.4, -0.2) is 65.5 Å². The van der Waals surface area contributed by atoms with Crippen molar-refractivity contribution in [3.05, 3.63) is 59.4 Å². The number of benzene rings is 1. The van der Waals surface area contributed by atoms with Gasteiger partial charge in [0.05, 0.1) is 17.8 Å². The smallest absolute Gasteiger partial charge is 0.186 e. The number of rotatable bonds is 9. The van der Waals surface area contributed by atoms with Crippen LogP contribution in [0.1, 0.15) is 25.8 Å². The van der Waals surface area contributed by atoms with E-state index in [1.807, 2.05) is 30.7 Å². The van der Waals surface area contributed by atoms with E-state index in [0.717, 1.165) is 11.8 Å². The fourth-order valence-electron chi connectivity index (χ4n) is 3.48. The molecule has 162 valence electrons. The first-order chi connectivity index (χ1) is 14.3. The molecule has 0 spiro atoms. The molecule has 1 aliphatic rings. The fourth-order valence-corrected chi connectivity index (χ4v) is 3.48. The molecule has 0 bridgehead atoms. The number of aliphatic imine (C=N–C) groups is 1. The van der Waals surface area contributed by atoms with Crippen molar-refractivity contribution < 1.29 is 19.1 Å². The van der Waals surface area contributed by atoms with Gasteiger partial charge in [-0.2, -0.15) is 0 Å². The van der Waals surface area contributed by atoms with Gasteiger partial charge in [0.15, 0.2) is 12.0 Å². The quantitative estimate of drug-likeness (QED) is 0.278. The molecule has 1 aromatic carbocycles. The minimum atomic E-state index is -0.556. The topological polar surface area (TPSA) is 85.2 Å². The minimum Gasteiger partial charge on any atom is -0.503 e. The second-order valence-corrected chi connectivity index (χ2v) is 7.41. The maximum absolute atomic E-state index is 13.1. The first-order valence-electron chi connectivity index (χ1n) is 9.81. The lowest BCUT2D eigenvalue weighted by atomic mass is 9.91. The van der Waals surface area contributed by atoms with Crippen LogP contribution in [-0.2, 0) is 16.1 Å². The second-order valence-electron chi connectivity index (χ2n) is 7.41. The Labute approximate surface area is 176 Å². The highest BCUT2D eigenvalue weighted by molar-refractivity contribution is 5.93. The number of amidine groups is 1. The van der Waals surface area contributed by atoms with Gasteiger partial charge in [-0.1, -0.05) is 25.6 Å². The Bertz CT molecular complexity index is 850. The number of aliphatic hydroxyl groups excluding tert-OH is 1. The minimum absolute atomic E-state index is 0.0292. The third-order valence-corrected chi connectivity index (χ3v) is 5.51. The number of aliphatic hydroxyl groups is 1. The fraction of sp³-hybridized carbons (Fsp3) is 0.409. The van der Waals surface area contributed by atoms with E-state index in [-0.39, 0.29) is 23.8 Å². The highest BCUT2D eigenvalue weighted by Crippen LogP contribution is 2.28. The Morgan fingerprint density at radius 3 is 2.57 bits per heavy atom. The molecule has 8 heteroatoms. The lowest BCUT2D eigenvalue weighted by Crippen LogP contribution is -2.63. The Kier molecular flexibility index (Phi) is 7.88. The summed E-state index contributed by atoms with van der Waals surface area (Å²) < 4.78 is 13.1. The van der Waals surface area contributed by atoms with Gasteiger partial charge in [0.2, 0.25) is 0 Å². The highest BCUT2D eigenvalue weighted by atomic mass is 19.1. The van der Waals surface area contributed by atoms with E-state index < -0.39 is 11.3 Å². The van der Waals surface area contributed by atoms with Crippen LogP contribution < -0.4 is 5.32 Å². The number of likely N-dealkylation sites (N-methyl/N-ethyl adjacent to an activating group) is 1. The average Bonchev–Trinajstić information content (AvgIpc) is 2.74. The normalized spacial score (nSPS) is 21.9. The number of halogens is 1. The summed E-state index contributed by atoms with van der Waals surface area (Å²) in [6.07, 6.45) is 1.85. The molecule has 0 radical (unpaired) electrons. The summed E-state index contributed by atoms with van der Waals surface area (Å²) in [5.41, 5.74) is 0.539. The van der Waals surface area contributed by atoms with Gasteiger partial charge < -0.3 is 20.1 Å². The average molecular weight is 416 g/mol. The molecule has 0 aromatic heterocycles. The first-order valence-corrected chi connectivity index (χ1v) is 9.81. The van der Waals surface area contributed by atoms with Crippen molar-refractivity contribution in [2.75, 3.05) is 26.7 Å². The van der Waals surface area contributed by atoms with Crippen molar-refractivity contribution >= 4 is 18.4 Å². The van der Waals surface area contributed by atoms with Crippen molar-refractivity contribution in [1.82, 2.24) is 15.1 Å². The summed E-state index contributed by atoms with van der Waals surface area (Å²) in [6, 6.07) is 5.96. The molecule has 0 aliphatic carbocycles. The predicted molar refractivity (Wildman–Crippen MR) is 114 cm³/mol. The van der Waals surface area contributed by atoms with E-state index in [2.05, 4.69) is 16.9 Å². The summed E-state index contributed by atoms with van der Waals surface area (Å²) in [4.78, 5) is 31.1. The van der Waals surface area contributed by atoms with Gasteiger partial charge in [0, 0.05) is 26.7 Å². The number of hydrogen-bond donors (Lipinski definition) is 2. The SMILES string of the molecule is C=C(NCc1ccc(F)cc1)/C(N=C1N(C)CCN(CC=O)C1(C)CC)=C(\O)C=O. The molecule has 2 rings (SSSR count). The van der Waals surface area contributed by atoms with Crippen molar-refractivity contribution in [2.24, 2.45) is 4.99 Å². The van der Waals surface area contributed by atoms with E-state index in [1.54, 1.807) is 12.1 Å². The van der Waals surface area contributed by atoms with Crippen LogP contribution in [0.5, 0.6) is 0 Å². The Hall–Kier alpha value is -3.00. The number of piperazine rings is 1. The molecule has 1 aromatic rings. The van der Waals surface area contributed by atoms with E-state index in [4.69, 9.17) is 0 Å². The lowest BCUT2D eigenvalue weighted by molar-refractivity contribution is -0.110. The number of allylic oxidation sites excluding steroid dienone is 1. The van der Waals surface area contributed by atoms with E-state index in [9.17, 15) is 19.1 Å². The zero-order valence-corrected chi connectivity index (χ0v) is 17.7. The number of nitrogens with zero attached hydrogens (tertiary/aromatic N) is 3. The zero-order valence-electron chi connectivity index (χ0n) is 17.7. The Morgan fingerprint density at radius 2 is 2.00 bits per heavy atom. The molecule has 30 heavy (non-hydrogen) atoms. The van der Waals surface area contributed by atoms with E-state index in [1.165, 1.54) is 12.1 Å². The van der Waals surface area contributed by atoms with E-state index >= 15 is 0 Å². The molecule has 1 aliphatic heterocycles. The van der Waals surface area contributed by atoms with Gasteiger partial charge in [-0.3, -0.25) is 9.69 Å². The third-order valence-electron chi connectivity index (χ3n) is 5.51. The van der Waals surface area contributed by atoms with Crippen LogP contribution in [0.4, 0.5) is 4.39 Å². The van der Waals surface area contributed by atoms with Crippen LogP contribution in [0.2, 0.25) is 0 Å². The van der Waals surface area contributed by atoms with Crippen molar-refractivity contribution in [3.8, 4) is 0 Å². The zero-order chi connectivity index (χ0) is 22.3. The van der Waals surface area contributed by atoms with Gasteiger partial charge in [-0.25, -0.2) is 9.38 Å². The maximum atomic E-state index is 13.1. The van der Waals surface area contributed by atoms with Crippen LogP contribution in [0.3, 0.4) is 0 Å². The maximum Gasteiger partial charge on any atom is 0.186 e. The molecule has 1 saturated heterocycles. The molecule has 1 atom stereocenters. The number of hydrogen-bond acceptors (Lipinski definition) is 6. The van der Waals surface area contributed by atoms with Crippen LogP contribution >= 0.6 is 0 Å². The van der Waals surface area contributed by atoms with Crippen molar-refractivity contribution in [3.63, 3.8) is 0 Å². The number of nitrogens with one attached hydrogen (secondary N) is 1. The molecular weight excluding hydrogens is 387 g/mol. The molecule has 1 heterocycles. The Morgan fingerprint density at radius 1 is 1.33 bits per heavy atom. The lowest BCUT2D eigenvalue weighted by Gasteiger charge is -2.48. The molecule has 2 N–H and O–H groups in total. The number of carbonyl (C=O) groups excluding carboxylic acids is 2. The number of carbonyl (C=O) groups is 2. The highest BCUT2D eigenvalue weighted by Gasteiger charge is 2.41. The predicted octanol–water partition coefficient (Wildman–Crippen LogP) is 2.41. The van der Waals surface area contributed by atoms with Crippen LogP contribution in [0.25, 0.3) is 0 Å². The molecule has 7 nitrogen and oxygen atoms in total. The van der Waals surface area contributed by atoms with Crippen LogP contribution in [0, 0.1) is 5.82 Å². The first kappa shape index (κ1) is 23.3. The standard InChI is InChI=1S/C22H29FN4O3/c1-5-22(3)21(26(4)10-11-27(22)12-13-28)25-20(19(30)15-29)16(2)24-14-17-6-8-18(23)9-7-17/h6-9,13,15,24,30H,2,5,10-12,14H2,1,3-4H3/b20-19+,25-21?. The summed E-state index contributed by atoms with van der Waals surface area (Å²) in [6.45, 7) is 9.82. The second kappa shape index (κ2) is 10.2. The summed E-state index contributed by atoms with van der Waals surface area (Å²) >= 11 is 0. The molecule has 0 saturated carbocycles. The summed E-state index contributed by atoms with van der Waals surface area (Å²) in [7, 11) is 1.88. The molecule has 1 unspecified atom stereocenters. The molecule has 1 fully saturated rings. The van der Waals surface area contributed by atoms with Crippen molar-refractivity contribution in [2.45, 2.75) is 32.4 Å². The largest absolute Gasteiger partial charge is 0.503 e. The summed E-state index contributed by atoms with van der Waals surface area (Å²) in [5.74, 6) is -0.244. The molecule has 0 amide bonds. The van der Waals surface area contributed by atoms with Gasteiger partial charge in [0.1, 0.15) is 23.6 Å². The number of aldehydes is 2.